The summed E-state index contributed by atoms with van der Waals surface area (Å²) in [6.07, 6.45) is 0. The van der Waals surface area contributed by atoms with E-state index in [1.807, 2.05) is 37.2 Å². The predicted molar refractivity (Wildman–Crippen MR) is 45.5 cm³/mol. The average Bonchev–Trinajstić information content (AvgIpc) is 2.04. The van der Waals surface area contributed by atoms with Gasteiger partial charge in [0.25, 0.3) is 0 Å². The van der Waals surface area contributed by atoms with Crippen LogP contribution in [0.2, 0.25) is 0 Å². The van der Waals surface area contributed by atoms with Gasteiger partial charge in [0, 0.05) is 39.6 Å². The summed E-state index contributed by atoms with van der Waals surface area (Å²) in [5, 5.41) is 8.57. The molecule has 3 nitrogen and oxygen atoms in total. The Morgan fingerprint density at radius 3 is 2.15 bits per heavy atom. The molecule has 5 heteroatoms. The number of para-hydroxylation sites is 1. The third kappa shape index (κ3) is 3.71. The van der Waals surface area contributed by atoms with Crippen molar-refractivity contribution < 1.29 is 31.9 Å². The summed E-state index contributed by atoms with van der Waals surface area (Å²) >= 11 is 0. The van der Waals surface area contributed by atoms with Crippen LogP contribution in [0.4, 0.5) is 11.4 Å². The van der Waals surface area contributed by atoms with E-state index in [0.717, 1.165) is 5.69 Å². The molecule has 0 atom stereocenters. The molecule has 0 aromatic heterocycles. The Morgan fingerprint density at radius 2 is 1.77 bits per heavy atom. The minimum absolute atomic E-state index is 0. The van der Waals surface area contributed by atoms with Crippen LogP contribution in [-0.4, -0.2) is 14.1 Å². The summed E-state index contributed by atoms with van der Waals surface area (Å²) in [4.78, 5) is 5.05. The van der Waals surface area contributed by atoms with Crippen LogP contribution in [0.3, 0.4) is 0 Å². The maximum atomic E-state index is 8.57. The molecule has 0 aliphatic heterocycles. The van der Waals surface area contributed by atoms with Gasteiger partial charge in [0.2, 0.25) is 5.39 Å². The van der Waals surface area contributed by atoms with Gasteiger partial charge in [-0.1, -0.05) is 12.1 Å². The van der Waals surface area contributed by atoms with Crippen LogP contribution in [0.25, 0.3) is 4.98 Å². The van der Waals surface area contributed by atoms with Crippen molar-refractivity contribution in [3.63, 3.8) is 0 Å². The molecule has 0 heterocycles. The molecule has 0 saturated carbocycles. The van der Waals surface area contributed by atoms with Crippen LogP contribution in [-0.2, 0) is 19.5 Å². The van der Waals surface area contributed by atoms with Gasteiger partial charge in [-0.05, 0) is 6.07 Å². The van der Waals surface area contributed by atoms with Gasteiger partial charge < -0.3 is 17.3 Å². The number of hydrogen-bond acceptors (Lipinski definition) is 2. The standard InChI is InChI=1S/C8H10N3.ClH.Zn/c1-11(2)8-6-4-3-5-7(8)10-9;;/h3-6H,1-2H3;1H;/q+1;;/p-1. The zero-order valence-corrected chi connectivity index (χ0v) is 11.5. The fourth-order valence-corrected chi connectivity index (χ4v) is 0.927. The average molecular weight is 249 g/mol. The van der Waals surface area contributed by atoms with Crippen LogP contribution in [0.5, 0.6) is 0 Å². The van der Waals surface area contributed by atoms with E-state index in [0.29, 0.717) is 5.69 Å². The number of diazo groups is 1. The normalized spacial score (nSPS) is 7.46. The molecule has 0 aliphatic rings. The van der Waals surface area contributed by atoms with E-state index in [1.54, 1.807) is 6.07 Å². The first-order valence-corrected chi connectivity index (χ1v) is 3.37. The second-order valence-corrected chi connectivity index (χ2v) is 2.48. The number of benzene rings is 1. The zero-order valence-electron chi connectivity index (χ0n) is 7.74. The number of halogens is 1. The summed E-state index contributed by atoms with van der Waals surface area (Å²) in [5.74, 6) is 0. The van der Waals surface area contributed by atoms with Crippen molar-refractivity contribution in [2.75, 3.05) is 19.0 Å². The molecule has 1 aromatic rings. The van der Waals surface area contributed by atoms with Crippen LogP contribution < -0.4 is 17.3 Å². The van der Waals surface area contributed by atoms with Crippen molar-refractivity contribution in [3.8, 4) is 0 Å². The molecule has 0 bridgehead atoms. The second kappa shape index (κ2) is 6.83. The van der Waals surface area contributed by atoms with Crippen molar-refractivity contribution in [1.82, 2.24) is 0 Å². The Hall–Kier alpha value is -0.647. The first-order chi connectivity index (χ1) is 5.25. The Morgan fingerprint density at radius 1 is 1.23 bits per heavy atom. The topological polar surface area (TPSA) is 31.4 Å². The Labute approximate surface area is 96.9 Å². The minimum atomic E-state index is 0. The van der Waals surface area contributed by atoms with Crippen molar-refractivity contribution in [2.45, 2.75) is 0 Å². The molecule has 66 valence electrons. The quantitative estimate of drug-likeness (QED) is 0.484. The number of rotatable bonds is 1. The molecular formula is C8H10ClN3Zn. The smallest absolute Gasteiger partial charge is 0.407 e. The number of nitrogens with zero attached hydrogens (tertiary/aromatic N) is 3. The van der Waals surface area contributed by atoms with E-state index in [2.05, 4.69) is 4.98 Å². The summed E-state index contributed by atoms with van der Waals surface area (Å²) in [6.45, 7) is 0. The van der Waals surface area contributed by atoms with Gasteiger partial charge in [0.15, 0.2) is 4.98 Å². The monoisotopic (exact) mass is 247 g/mol. The maximum Gasteiger partial charge on any atom is 0.407 e. The number of anilines is 1. The molecule has 0 amide bonds. The van der Waals surface area contributed by atoms with Crippen molar-refractivity contribution in [1.29, 1.82) is 5.39 Å². The minimum Gasteiger partial charge on any atom is -1.00 e. The molecule has 0 N–H and O–H groups in total. The first-order valence-electron chi connectivity index (χ1n) is 3.37. The fraction of sp³-hybridized carbons (Fsp3) is 0.250. The van der Waals surface area contributed by atoms with E-state index in [1.165, 1.54) is 0 Å². The molecule has 0 fully saturated rings. The van der Waals surface area contributed by atoms with Gasteiger partial charge in [-0.2, -0.15) is 0 Å². The van der Waals surface area contributed by atoms with Crippen molar-refractivity contribution >= 4 is 11.4 Å². The predicted octanol–water partition coefficient (Wildman–Crippen LogP) is -0.761. The van der Waals surface area contributed by atoms with Gasteiger partial charge in [-0.25, -0.2) is 0 Å². The van der Waals surface area contributed by atoms with Crippen LogP contribution in [0, 0.1) is 5.39 Å². The molecule has 0 spiro atoms. The van der Waals surface area contributed by atoms with Gasteiger partial charge in [0.05, 0.1) is 0 Å². The van der Waals surface area contributed by atoms with E-state index < -0.39 is 0 Å². The van der Waals surface area contributed by atoms with Gasteiger partial charge >= 0.3 is 5.69 Å². The van der Waals surface area contributed by atoms with Crippen molar-refractivity contribution in [3.05, 3.63) is 29.2 Å². The SMILES string of the molecule is CN(C)c1ccccc1[N+]#N.[Cl-].[Zn]. The molecule has 1 rings (SSSR count). The third-order valence-electron chi connectivity index (χ3n) is 1.47. The van der Waals surface area contributed by atoms with E-state index in [9.17, 15) is 0 Å². The van der Waals surface area contributed by atoms with Crippen LogP contribution in [0.1, 0.15) is 0 Å². The van der Waals surface area contributed by atoms with E-state index >= 15 is 0 Å². The second-order valence-electron chi connectivity index (χ2n) is 2.48. The first kappa shape index (κ1) is 14.9. The van der Waals surface area contributed by atoms with E-state index in [4.69, 9.17) is 5.39 Å². The molecule has 0 radical (unpaired) electrons. The van der Waals surface area contributed by atoms with Gasteiger partial charge in [-0.15, -0.1) is 0 Å². The van der Waals surface area contributed by atoms with Gasteiger partial charge in [0.1, 0.15) is 5.69 Å². The van der Waals surface area contributed by atoms with Crippen molar-refractivity contribution in [2.24, 2.45) is 0 Å². The molecule has 1 aromatic carbocycles. The molecule has 0 unspecified atom stereocenters. The third-order valence-corrected chi connectivity index (χ3v) is 1.47. The fourth-order valence-electron chi connectivity index (χ4n) is 0.927. The summed E-state index contributed by atoms with van der Waals surface area (Å²) in [5.41, 5.74) is 1.51. The molecule has 0 saturated heterocycles. The number of hydrogen-bond donors (Lipinski definition) is 0. The van der Waals surface area contributed by atoms with E-state index in [-0.39, 0.29) is 31.9 Å². The molecule has 13 heavy (non-hydrogen) atoms. The Kier molecular flexibility index (Phi) is 7.80. The van der Waals surface area contributed by atoms with Crippen LogP contribution >= 0.6 is 0 Å². The Balaban J connectivity index is 0. The Bertz CT molecular complexity index is 296. The maximum absolute atomic E-state index is 8.57. The molecule has 0 aliphatic carbocycles. The summed E-state index contributed by atoms with van der Waals surface area (Å²) in [6, 6.07) is 7.40. The largest absolute Gasteiger partial charge is 1.00 e. The zero-order chi connectivity index (χ0) is 8.27. The molecular weight excluding hydrogens is 239 g/mol. The van der Waals surface area contributed by atoms with Crippen LogP contribution in [0.15, 0.2) is 24.3 Å². The summed E-state index contributed by atoms with van der Waals surface area (Å²) in [7, 11) is 3.81. The van der Waals surface area contributed by atoms with Gasteiger partial charge in [-0.3, -0.25) is 0 Å². The summed E-state index contributed by atoms with van der Waals surface area (Å²) < 4.78 is 0.